The van der Waals surface area contributed by atoms with Crippen molar-refractivity contribution in [1.82, 2.24) is 15.1 Å². The zero-order valence-corrected chi connectivity index (χ0v) is 14.0. The first-order valence-electron chi connectivity index (χ1n) is 7.60. The summed E-state index contributed by atoms with van der Waals surface area (Å²) in [6.07, 6.45) is -8.99. The van der Waals surface area contributed by atoms with E-state index in [2.05, 4.69) is 19.9 Å². The molecule has 154 valence electrons. The van der Waals surface area contributed by atoms with Crippen molar-refractivity contribution in [3.63, 3.8) is 0 Å². The van der Waals surface area contributed by atoms with Gasteiger partial charge in [0.05, 0.1) is 17.3 Å². The van der Waals surface area contributed by atoms with Crippen LogP contribution in [0.2, 0.25) is 0 Å². The van der Waals surface area contributed by atoms with Gasteiger partial charge in [0.25, 0.3) is 5.89 Å². The first-order chi connectivity index (χ1) is 13.4. The Balaban J connectivity index is 1.97. The number of nitrogen functional groups attached to an aromatic ring is 1. The fourth-order valence-electron chi connectivity index (χ4n) is 2.25. The maximum absolute atomic E-state index is 13.3. The molecule has 0 unspecified atom stereocenters. The van der Waals surface area contributed by atoms with E-state index in [1.165, 1.54) is 0 Å². The molecule has 29 heavy (non-hydrogen) atoms. The quantitative estimate of drug-likeness (QED) is 0.624. The normalized spacial score (nSPS) is 12.2. The minimum Gasteiger partial charge on any atom is -0.483 e. The number of halogens is 7. The van der Waals surface area contributed by atoms with Crippen molar-refractivity contribution in [3.05, 3.63) is 41.8 Å². The summed E-state index contributed by atoms with van der Waals surface area (Å²) in [5.41, 5.74) is 3.81. The third-order valence-electron chi connectivity index (χ3n) is 3.48. The Morgan fingerprint density at radius 3 is 2.45 bits per heavy atom. The third-order valence-corrected chi connectivity index (χ3v) is 3.48. The highest BCUT2D eigenvalue weighted by molar-refractivity contribution is 5.69. The molecular formula is C16H9F7N4O2. The van der Waals surface area contributed by atoms with E-state index in [4.69, 9.17) is 10.3 Å². The molecule has 0 amide bonds. The number of benzene rings is 1. The number of hydrogen-bond donors (Lipinski definition) is 1. The average Bonchev–Trinajstić information content (AvgIpc) is 3.10. The van der Waals surface area contributed by atoms with Gasteiger partial charge in [-0.2, -0.15) is 31.3 Å². The van der Waals surface area contributed by atoms with E-state index in [1.54, 1.807) is 0 Å². The molecule has 6 nitrogen and oxygen atoms in total. The van der Waals surface area contributed by atoms with Gasteiger partial charge in [0, 0.05) is 5.56 Å². The molecule has 0 aliphatic carbocycles. The van der Waals surface area contributed by atoms with Gasteiger partial charge in [0.15, 0.2) is 6.61 Å². The van der Waals surface area contributed by atoms with Crippen LogP contribution in [0, 0.1) is 5.82 Å². The number of hydrogen-bond acceptors (Lipinski definition) is 6. The summed E-state index contributed by atoms with van der Waals surface area (Å²) in [5.74, 6) is -2.57. The molecule has 3 aromatic rings. The van der Waals surface area contributed by atoms with Gasteiger partial charge in [-0.1, -0.05) is 5.16 Å². The molecule has 0 atom stereocenters. The van der Waals surface area contributed by atoms with E-state index in [1.807, 2.05) is 0 Å². The van der Waals surface area contributed by atoms with Gasteiger partial charge in [0.1, 0.15) is 17.4 Å². The van der Waals surface area contributed by atoms with Crippen molar-refractivity contribution >= 4 is 5.82 Å². The first kappa shape index (κ1) is 20.4. The van der Waals surface area contributed by atoms with Crippen molar-refractivity contribution in [2.45, 2.75) is 12.4 Å². The van der Waals surface area contributed by atoms with Gasteiger partial charge < -0.3 is 15.0 Å². The van der Waals surface area contributed by atoms with Crippen LogP contribution in [0.3, 0.4) is 0 Å². The van der Waals surface area contributed by atoms with Crippen LogP contribution in [0.15, 0.2) is 35.0 Å². The highest BCUT2D eigenvalue weighted by Gasteiger charge is 2.37. The Morgan fingerprint density at radius 1 is 1.07 bits per heavy atom. The van der Waals surface area contributed by atoms with Gasteiger partial charge in [0.2, 0.25) is 5.82 Å². The fourth-order valence-corrected chi connectivity index (χ4v) is 2.25. The van der Waals surface area contributed by atoms with Gasteiger partial charge in [-0.25, -0.2) is 9.37 Å². The lowest BCUT2D eigenvalue weighted by Gasteiger charge is -2.15. The molecule has 0 aliphatic rings. The molecule has 2 aromatic heterocycles. The molecule has 13 heteroatoms. The van der Waals surface area contributed by atoms with Crippen molar-refractivity contribution < 1.29 is 40.0 Å². The lowest BCUT2D eigenvalue weighted by atomic mass is 10.1. The predicted molar refractivity (Wildman–Crippen MR) is 83.9 cm³/mol. The fraction of sp³-hybridized carbons (Fsp3) is 0.188. The summed E-state index contributed by atoms with van der Waals surface area (Å²) in [5, 5.41) is 3.51. The van der Waals surface area contributed by atoms with Crippen molar-refractivity contribution in [3.8, 4) is 28.6 Å². The molecule has 0 fully saturated rings. The Hall–Kier alpha value is -3.38. The molecule has 0 bridgehead atoms. The van der Waals surface area contributed by atoms with Crippen LogP contribution in [-0.4, -0.2) is 27.9 Å². The lowest BCUT2D eigenvalue weighted by Crippen LogP contribution is -2.20. The molecule has 0 saturated heterocycles. The zero-order valence-electron chi connectivity index (χ0n) is 14.0. The molecule has 1 aromatic carbocycles. The number of anilines is 1. The van der Waals surface area contributed by atoms with Crippen LogP contribution in [0.1, 0.15) is 5.56 Å². The van der Waals surface area contributed by atoms with Crippen molar-refractivity contribution in [2.75, 3.05) is 12.3 Å². The Morgan fingerprint density at radius 2 is 1.79 bits per heavy atom. The van der Waals surface area contributed by atoms with Crippen molar-refractivity contribution in [2.24, 2.45) is 0 Å². The summed E-state index contributed by atoms with van der Waals surface area (Å²) >= 11 is 0. The molecule has 2 heterocycles. The molecule has 0 spiro atoms. The van der Waals surface area contributed by atoms with Gasteiger partial charge in [-0.3, -0.25) is 0 Å². The van der Waals surface area contributed by atoms with Gasteiger partial charge in [-0.05, 0) is 24.3 Å². The summed E-state index contributed by atoms with van der Waals surface area (Å²) in [6.45, 7) is -1.90. The van der Waals surface area contributed by atoms with E-state index in [-0.39, 0.29) is 22.8 Å². The van der Waals surface area contributed by atoms with E-state index in [9.17, 15) is 30.7 Å². The standard InChI is InChI=1S/C16H9F7N4O2/c17-8-4-9(12(24)25-5-8)13-26-14(29-27-13)7-1-2-11(28-6-15(18,19)20)10(3-7)16(21,22)23/h1-5H,6H2,(H2,24,25). The third kappa shape index (κ3) is 4.73. The second kappa shape index (κ2) is 7.22. The predicted octanol–water partition coefficient (Wildman–Crippen LogP) is 4.48. The lowest BCUT2D eigenvalue weighted by molar-refractivity contribution is -0.158. The van der Waals surface area contributed by atoms with Gasteiger partial charge >= 0.3 is 12.4 Å². The number of nitrogens with zero attached hydrogens (tertiary/aromatic N) is 3. The summed E-state index contributed by atoms with van der Waals surface area (Å²) < 4.78 is 98.9. The van der Waals surface area contributed by atoms with Crippen LogP contribution in [-0.2, 0) is 6.18 Å². The SMILES string of the molecule is Nc1ncc(F)cc1-c1noc(-c2ccc(OCC(F)(F)F)c(C(F)(F)F)c2)n1. The van der Waals surface area contributed by atoms with E-state index in [0.29, 0.717) is 12.1 Å². The number of pyridine rings is 1. The van der Waals surface area contributed by atoms with Crippen LogP contribution < -0.4 is 10.5 Å². The Kier molecular flexibility index (Phi) is 5.07. The molecule has 0 aliphatic heterocycles. The smallest absolute Gasteiger partial charge is 0.422 e. The van der Waals surface area contributed by atoms with Crippen LogP contribution in [0.4, 0.5) is 36.6 Å². The topological polar surface area (TPSA) is 87.1 Å². The van der Waals surface area contributed by atoms with Crippen LogP contribution in [0.5, 0.6) is 5.75 Å². The second-order valence-electron chi connectivity index (χ2n) is 5.62. The molecule has 0 saturated carbocycles. The highest BCUT2D eigenvalue weighted by atomic mass is 19.4. The number of nitrogens with two attached hydrogens (primary N) is 1. The number of ether oxygens (including phenoxy) is 1. The summed E-state index contributed by atoms with van der Waals surface area (Å²) in [4.78, 5) is 7.40. The largest absolute Gasteiger partial charge is 0.483 e. The van der Waals surface area contributed by atoms with E-state index < -0.39 is 42.0 Å². The number of rotatable bonds is 4. The van der Waals surface area contributed by atoms with Crippen LogP contribution >= 0.6 is 0 Å². The first-order valence-corrected chi connectivity index (χ1v) is 7.60. The Bertz CT molecular complexity index is 1030. The minimum absolute atomic E-state index is 0.0545. The molecular weight excluding hydrogens is 413 g/mol. The van der Waals surface area contributed by atoms with Gasteiger partial charge in [-0.15, -0.1) is 0 Å². The monoisotopic (exact) mass is 422 g/mol. The number of aromatic nitrogens is 3. The molecule has 0 radical (unpaired) electrons. The molecule has 2 N–H and O–H groups in total. The summed E-state index contributed by atoms with van der Waals surface area (Å²) in [7, 11) is 0. The van der Waals surface area contributed by atoms with E-state index in [0.717, 1.165) is 18.3 Å². The van der Waals surface area contributed by atoms with Crippen LogP contribution in [0.25, 0.3) is 22.8 Å². The Labute approximate surface area is 157 Å². The van der Waals surface area contributed by atoms with Crippen molar-refractivity contribution in [1.29, 1.82) is 0 Å². The zero-order chi connectivity index (χ0) is 21.4. The summed E-state index contributed by atoms with van der Waals surface area (Å²) in [6, 6.07) is 3.15. The maximum Gasteiger partial charge on any atom is 0.422 e. The minimum atomic E-state index is -5.02. The highest BCUT2D eigenvalue weighted by Crippen LogP contribution is 2.39. The number of alkyl halides is 6. The maximum atomic E-state index is 13.3. The molecule has 3 rings (SSSR count). The van der Waals surface area contributed by atoms with E-state index >= 15 is 0 Å². The second-order valence-corrected chi connectivity index (χ2v) is 5.62. The average molecular weight is 422 g/mol.